The van der Waals surface area contributed by atoms with Crippen LogP contribution in [0.4, 0.5) is 5.13 Å². The zero-order valence-corrected chi connectivity index (χ0v) is 27.0. The molecule has 2 atom stereocenters. The third-order valence-corrected chi connectivity index (χ3v) is 9.29. The van der Waals surface area contributed by atoms with Gasteiger partial charge in [-0.2, -0.15) is 9.36 Å². The van der Waals surface area contributed by atoms with Gasteiger partial charge in [-0.15, -0.1) is 11.8 Å². The van der Waals surface area contributed by atoms with Crippen molar-refractivity contribution in [3.63, 3.8) is 0 Å². The number of allylic oxidation sites excluding steroid dienone is 1. The Hall–Kier alpha value is -5.60. The van der Waals surface area contributed by atoms with Crippen molar-refractivity contribution in [1.82, 2.24) is 24.6 Å². The van der Waals surface area contributed by atoms with E-state index in [9.17, 15) is 14.4 Å². The molecular weight excluding hydrogens is 651 g/mol. The number of nitrogens with two attached hydrogens (primary N) is 1. The average Bonchev–Trinajstić information content (AvgIpc) is 3.56. The molecule has 12 nitrogen and oxygen atoms in total. The van der Waals surface area contributed by atoms with Crippen molar-refractivity contribution < 1.29 is 24.0 Å². The summed E-state index contributed by atoms with van der Waals surface area (Å²) in [6.07, 6.45) is 3.98. The van der Waals surface area contributed by atoms with Crippen LogP contribution in [-0.2, 0) is 24.0 Å². The van der Waals surface area contributed by atoms with E-state index in [4.69, 9.17) is 15.3 Å². The Bertz CT molecular complexity index is 1880. The normalized spacial score (nSPS) is 17.3. The highest BCUT2D eigenvalue weighted by atomic mass is 32.2. The summed E-state index contributed by atoms with van der Waals surface area (Å²) in [6.45, 7) is 7.85. The molecule has 1 fully saturated rings. The quantitative estimate of drug-likeness (QED) is 0.0556. The molecule has 0 bridgehead atoms. The molecule has 4 heterocycles. The monoisotopic (exact) mass is 679 g/mol. The minimum absolute atomic E-state index is 0.0256. The van der Waals surface area contributed by atoms with E-state index in [2.05, 4.69) is 38.0 Å². The summed E-state index contributed by atoms with van der Waals surface area (Å²) in [6, 6.07) is 21.3. The number of carbonyl (C=O) groups excluding carboxylic acids is 3. The first-order chi connectivity index (χ1) is 23.4. The first kappa shape index (κ1) is 32.3. The minimum Gasteiger partial charge on any atom is -0.448 e. The topological polar surface area (TPSA) is 162 Å². The molecule has 2 aromatic heterocycles. The van der Waals surface area contributed by atoms with E-state index in [1.165, 1.54) is 22.7 Å². The van der Waals surface area contributed by atoms with E-state index in [0.717, 1.165) is 22.7 Å². The van der Waals surface area contributed by atoms with Crippen molar-refractivity contribution in [2.45, 2.75) is 17.5 Å². The Kier molecular flexibility index (Phi) is 9.73. The number of rotatable bonds is 12. The van der Waals surface area contributed by atoms with E-state index in [1.807, 2.05) is 66.7 Å². The Labute approximate surface area is 284 Å². The van der Waals surface area contributed by atoms with Crippen molar-refractivity contribution in [2.24, 2.45) is 5.16 Å². The van der Waals surface area contributed by atoms with E-state index in [-0.39, 0.29) is 29.0 Å². The first-order valence-electron chi connectivity index (χ1n) is 14.7. The number of esters is 1. The van der Waals surface area contributed by atoms with Crippen LogP contribution in [0.1, 0.15) is 28.6 Å². The van der Waals surface area contributed by atoms with Gasteiger partial charge in [0.1, 0.15) is 23.7 Å². The fraction of sp³-hybridized carbons (Fsp3) is 0.147. The molecule has 2 amide bonds. The van der Waals surface area contributed by atoms with Gasteiger partial charge in [0.25, 0.3) is 11.8 Å². The number of amides is 2. The maximum Gasteiger partial charge on any atom is 0.356 e. The number of β-lactam (4-membered cyclic amide) rings is 1. The predicted molar refractivity (Wildman–Crippen MR) is 183 cm³/mol. The molecule has 48 heavy (non-hydrogen) atoms. The van der Waals surface area contributed by atoms with Crippen LogP contribution in [0.25, 0.3) is 5.57 Å². The molecular formula is C34H29N7O5S2. The van der Waals surface area contributed by atoms with Crippen molar-refractivity contribution in [1.29, 1.82) is 0 Å². The van der Waals surface area contributed by atoms with Gasteiger partial charge in [0.15, 0.2) is 11.2 Å². The molecule has 0 radical (unpaired) electrons. The summed E-state index contributed by atoms with van der Waals surface area (Å²) < 4.78 is 10.3. The van der Waals surface area contributed by atoms with E-state index in [1.54, 1.807) is 18.5 Å². The summed E-state index contributed by atoms with van der Waals surface area (Å²) in [5, 5.41) is 6.08. The maximum absolute atomic E-state index is 14.3. The molecule has 0 saturated carbocycles. The Morgan fingerprint density at radius 3 is 2.42 bits per heavy atom. The number of ether oxygens (including phenoxy) is 1. The summed E-state index contributed by atoms with van der Waals surface area (Å²) in [7, 11) is 0. The van der Waals surface area contributed by atoms with Gasteiger partial charge in [0, 0.05) is 35.3 Å². The predicted octanol–water partition coefficient (Wildman–Crippen LogP) is 4.12. The van der Waals surface area contributed by atoms with Crippen LogP contribution in [0.3, 0.4) is 0 Å². The lowest BCUT2D eigenvalue weighted by Crippen LogP contribution is -2.71. The zero-order chi connectivity index (χ0) is 33.6. The summed E-state index contributed by atoms with van der Waals surface area (Å²) >= 11 is 2.26. The highest BCUT2D eigenvalue weighted by Crippen LogP contribution is 2.44. The largest absolute Gasteiger partial charge is 0.448 e. The van der Waals surface area contributed by atoms with Crippen LogP contribution in [0.2, 0.25) is 0 Å². The number of nitrogens with one attached hydrogen (secondary N) is 1. The Morgan fingerprint density at radius 2 is 1.81 bits per heavy atom. The number of hydrogen-bond acceptors (Lipinski definition) is 12. The number of fused-ring (bicyclic) bond motifs is 1. The second-order valence-electron chi connectivity index (χ2n) is 10.5. The Morgan fingerprint density at radius 1 is 1.10 bits per heavy atom. The molecule has 3 N–H and O–H groups in total. The second kappa shape index (κ2) is 14.4. The molecule has 242 valence electrons. The summed E-state index contributed by atoms with van der Waals surface area (Å²) in [5.74, 6) is -1.72. The fourth-order valence-corrected chi connectivity index (χ4v) is 7.00. The number of oxime groups is 1. The van der Waals surface area contributed by atoms with Gasteiger partial charge in [0.05, 0.1) is 0 Å². The molecule has 1 saturated heterocycles. The standard InChI is InChI=1S/C34H29N7O5S2/c1-3-17-45-39-25(29-38-34(35)48-40-29)30(42)37-26-31(43)41-27(24(19-47-32(26)41)20(2)23-15-10-16-36-18-23)33(44)46-28(21-11-6-4-7-12-21)22-13-8-5-9-14-22/h3-16,18,26,28,32H,1-2,17,19H2,(H,37,42)(H2,35,38,40). The molecule has 4 aromatic rings. The molecule has 2 aromatic carbocycles. The van der Waals surface area contributed by atoms with Crippen LogP contribution in [0.5, 0.6) is 0 Å². The second-order valence-corrected chi connectivity index (χ2v) is 12.4. The van der Waals surface area contributed by atoms with E-state index >= 15 is 0 Å². The average molecular weight is 680 g/mol. The number of aromatic nitrogens is 3. The summed E-state index contributed by atoms with van der Waals surface area (Å²) in [4.78, 5) is 56.4. The summed E-state index contributed by atoms with van der Waals surface area (Å²) in [5.41, 5.74) is 8.78. The lowest BCUT2D eigenvalue weighted by atomic mass is 9.96. The van der Waals surface area contributed by atoms with E-state index < -0.39 is 35.3 Å². The molecule has 2 aliphatic heterocycles. The third-order valence-electron chi connectivity index (χ3n) is 7.47. The highest BCUT2D eigenvalue weighted by molar-refractivity contribution is 8.00. The van der Waals surface area contributed by atoms with Gasteiger partial charge in [-0.1, -0.05) is 91.1 Å². The highest BCUT2D eigenvalue weighted by Gasteiger charge is 2.55. The molecule has 2 unspecified atom stereocenters. The van der Waals surface area contributed by atoms with Crippen LogP contribution in [-0.4, -0.2) is 66.5 Å². The van der Waals surface area contributed by atoms with Crippen molar-refractivity contribution in [3.05, 3.63) is 138 Å². The van der Waals surface area contributed by atoms with Gasteiger partial charge >= 0.3 is 5.97 Å². The number of thioether (sulfide) groups is 1. The number of nitrogens with zero attached hydrogens (tertiary/aromatic N) is 5. The van der Waals surface area contributed by atoms with Crippen molar-refractivity contribution in [2.75, 3.05) is 18.1 Å². The molecule has 6 rings (SSSR count). The van der Waals surface area contributed by atoms with Crippen molar-refractivity contribution >= 4 is 57.5 Å². The lowest BCUT2D eigenvalue weighted by molar-refractivity contribution is -0.154. The van der Waals surface area contributed by atoms with Gasteiger partial charge in [-0.3, -0.25) is 19.5 Å². The van der Waals surface area contributed by atoms with Crippen LogP contribution in [0.15, 0.2) is 121 Å². The van der Waals surface area contributed by atoms with Gasteiger partial charge in [-0.25, -0.2) is 4.79 Å². The minimum atomic E-state index is -1.00. The Balaban J connectivity index is 1.32. The maximum atomic E-state index is 14.3. The third kappa shape index (κ3) is 6.61. The zero-order valence-electron chi connectivity index (χ0n) is 25.4. The molecule has 0 spiro atoms. The fourth-order valence-electron chi connectivity index (χ4n) is 5.18. The number of pyridine rings is 1. The van der Waals surface area contributed by atoms with Crippen LogP contribution < -0.4 is 11.1 Å². The van der Waals surface area contributed by atoms with Gasteiger partial charge < -0.3 is 20.6 Å². The van der Waals surface area contributed by atoms with Gasteiger partial charge in [-0.05, 0) is 28.3 Å². The molecule has 0 aliphatic carbocycles. The van der Waals surface area contributed by atoms with Crippen LogP contribution >= 0.6 is 23.3 Å². The van der Waals surface area contributed by atoms with Crippen LogP contribution in [0, 0.1) is 0 Å². The number of benzene rings is 2. The molecule has 14 heteroatoms. The van der Waals surface area contributed by atoms with E-state index in [0.29, 0.717) is 22.5 Å². The smallest absolute Gasteiger partial charge is 0.356 e. The van der Waals surface area contributed by atoms with Gasteiger partial charge in [0.2, 0.25) is 11.5 Å². The number of nitrogen functional groups attached to an aromatic ring is 1. The number of carbonyl (C=O) groups is 3. The van der Waals surface area contributed by atoms with Crippen molar-refractivity contribution in [3.8, 4) is 0 Å². The molecule has 2 aliphatic rings. The SMILES string of the molecule is C=CCON=C(C(=O)NC1C(=O)N2C(C(=O)OC(c3ccccc3)c3ccccc3)=C(C(=C)c3cccnc3)CSC12)c1nsc(N)n1. The first-order valence-corrected chi connectivity index (χ1v) is 16.5. The lowest BCUT2D eigenvalue weighted by Gasteiger charge is -2.50. The number of hydrogen-bond donors (Lipinski definition) is 2. The number of anilines is 1.